The lowest BCUT2D eigenvalue weighted by molar-refractivity contribution is -0.139. The molecule has 0 saturated carbocycles. The average molecular weight is 460 g/mol. The van der Waals surface area contributed by atoms with Gasteiger partial charge in [0.1, 0.15) is 12.6 Å². The van der Waals surface area contributed by atoms with Crippen molar-refractivity contribution in [3.63, 3.8) is 0 Å². The molecule has 0 bridgehead atoms. The van der Waals surface area contributed by atoms with Crippen LogP contribution in [-0.4, -0.2) is 50.5 Å². The minimum Gasteiger partial charge on any atom is -0.354 e. The first-order valence-electron chi connectivity index (χ1n) is 10.6. The number of para-hydroxylation sites is 1. The topological polar surface area (TPSA) is 86.8 Å². The Bertz CT molecular complexity index is 1010. The molecule has 0 saturated heterocycles. The SMILES string of the molecule is Cc1ccc(CN(C(=O)CN(c2ccccc2)S(C)(=O)=O)C(C)C(=O)NCC(C)C)cc1. The van der Waals surface area contributed by atoms with Gasteiger partial charge in [0.2, 0.25) is 21.8 Å². The normalized spacial score (nSPS) is 12.3. The number of nitrogens with one attached hydrogen (secondary N) is 1. The van der Waals surface area contributed by atoms with Crippen molar-refractivity contribution in [1.82, 2.24) is 10.2 Å². The Morgan fingerprint density at radius 3 is 2.09 bits per heavy atom. The lowest BCUT2D eigenvalue weighted by Crippen LogP contribution is -2.51. The van der Waals surface area contributed by atoms with Gasteiger partial charge in [0.15, 0.2) is 0 Å². The smallest absolute Gasteiger partial charge is 0.244 e. The maximum atomic E-state index is 13.4. The van der Waals surface area contributed by atoms with E-state index in [0.29, 0.717) is 12.2 Å². The number of amides is 2. The van der Waals surface area contributed by atoms with Gasteiger partial charge in [-0.3, -0.25) is 13.9 Å². The molecule has 2 aromatic rings. The predicted octanol–water partition coefficient (Wildman–Crippen LogP) is 2.95. The number of anilines is 1. The van der Waals surface area contributed by atoms with Gasteiger partial charge < -0.3 is 10.2 Å². The fourth-order valence-electron chi connectivity index (χ4n) is 3.13. The van der Waals surface area contributed by atoms with E-state index in [1.54, 1.807) is 37.3 Å². The summed E-state index contributed by atoms with van der Waals surface area (Å²) in [5, 5.41) is 2.86. The van der Waals surface area contributed by atoms with E-state index in [1.165, 1.54) is 4.90 Å². The Balaban J connectivity index is 2.32. The standard InChI is InChI=1S/C24H33N3O4S/c1-18(2)15-25-24(29)20(4)26(16-21-13-11-19(3)12-14-21)23(28)17-27(32(5,30)31)22-9-7-6-8-10-22/h6-14,18,20H,15-17H2,1-5H3,(H,25,29). The van der Waals surface area contributed by atoms with Gasteiger partial charge in [-0.2, -0.15) is 0 Å². The summed E-state index contributed by atoms with van der Waals surface area (Å²) in [4.78, 5) is 27.6. The third-order valence-corrected chi connectivity index (χ3v) is 6.19. The molecule has 0 aromatic heterocycles. The molecule has 0 heterocycles. The van der Waals surface area contributed by atoms with Crippen molar-refractivity contribution in [2.75, 3.05) is 23.7 Å². The van der Waals surface area contributed by atoms with Crippen molar-refractivity contribution >= 4 is 27.5 Å². The molecular formula is C24H33N3O4S. The molecule has 2 aromatic carbocycles. The van der Waals surface area contributed by atoms with Crippen molar-refractivity contribution in [3.05, 3.63) is 65.7 Å². The van der Waals surface area contributed by atoms with E-state index in [1.807, 2.05) is 45.0 Å². The fourth-order valence-corrected chi connectivity index (χ4v) is 3.98. The molecule has 0 aliphatic carbocycles. The summed E-state index contributed by atoms with van der Waals surface area (Å²) in [6, 6.07) is 15.4. The van der Waals surface area contributed by atoms with E-state index < -0.39 is 28.5 Å². The predicted molar refractivity (Wildman–Crippen MR) is 128 cm³/mol. The van der Waals surface area contributed by atoms with Gasteiger partial charge in [0.25, 0.3) is 0 Å². The van der Waals surface area contributed by atoms with Crippen LogP contribution in [0.25, 0.3) is 0 Å². The minimum absolute atomic E-state index is 0.196. The Kier molecular flexibility index (Phi) is 8.83. The Labute approximate surface area is 191 Å². The molecule has 2 rings (SSSR count). The molecule has 1 N–H and O–H groups in total. The van der Waals surface area contributed by atoms with Crippen LogP contribution < -0.4 is 9.62 Å². The maximum Gasteiger partial charge on any atom is 0.244 e. The fraction of sp³-hybridized carbons (Fsp3) is 0.417. The quantitative estimate of drug-likeness (QED) is 0.592. The van der Waals surface area contributed by atoms with Crippen molar-refractivity contribution in [2.24, 2.45) is 5.92 Å². The van der Waals surface area contributed by atoms with E-state index in [-0.39, 0.29) is 18.4 Å². The monoisotopic (exact) mass is 459 g/mol. The molecule has 7 nitrogen and oxygen atoms in total. The Morgan fingerprint density at radius 2 is 1.56 bits per heavy atom. The number of sulfonamides is 1. The van der Waals surface area contributed by atoms with Crippen LogP contribution in [0.1, 0.15) is 31.9 Å². The third-order valence-electron chi connectivity index (χ3n) is 5.05. The molecule has 1 unspecified atom stereocenters. The van der Waals surface area contributed by atoms with Crippen molar-refractivity contribution in [1.29, 1.82) is 0 Å². The summed E-state index contributed by atoms with van der Waals surface area (Å²) >= 11 is 0. The zero-order valence-corrected chi connectivity index (χ0v) is 20.2. The summed E-state index contributed by atoms with van der Waals surface area (Å²) in [5.74, 6) is -0.456. The lowest BCUT2D eigenvalue weighted by Gasteiger charge is -2.31. The molecule has 0 aliphatic rings. The van der Waals surface area contributed by atoms with E-state index in [4.69, 9.17) is 0 Å². The highest BCUT2D eigenvalue weighted by Crippen LogP contribution is 2.18. The van der Waals surface area contributed by atoms with Crippen LogP contribution in [0.5, 0.6) is 0 Å². The number of hydrogen-bond donors (Lipinski definition) is 1. The molecular weight excluding hydrogens is 426 g/mol. The average Bonchev–Trinajstić information content (AvgIpc) is 2.74. The highest BCUT2D eigenvalue weighted by molar-refractivity contribution is 7.92. The first kappa shape index (κ1) is 25.4. The lowest BCUT2D eigenvalue weighted by atomic mass is 10.1. The van der Waals surface area contributed by atoms with Gasteiger partial charge in [0, 0.05) is 13.1 Å². The number of hydrogen-bond acceptors (Lipinski definition) is 4. The molecule has 0 radical (unpaired) electrons. The summed E-state index contributed by atoms with van der Waals surface area (Å²) in [5.41, 5.74) is 2.34. The second-order valence-electron chi connectivity index (χ2n) is 8.43. The molecule has 174 valence electrons. The number of benzene rings is 2. The third kappa shape index (κ3) is 7.37. The summed E-state index contributed by atoms with van der Waals surface area (Å²) in [6.45, 7) is 7.91. The van der Waals surface area contributed by atoms with E-state index in [2.05, 4.69) is 5.32 Å². The molecule has 2 amide bonds. The summed E-state index contributed by atoms with van der Waals surface area (Å²) in [7, 11) is -3.71. The van der Waals surface area contributed by atoms with Crippen LogP contribution in [-0.2, 0) is 26.2 Å². The van der Waals surface area contributed by atoms with Crippen molar-refractivity contribution < 1.29 is 18.0 Å². The Morgan fingerprint density at radius 1 is 0.969 bits per heavy atom. The van der Waals surface area contributed by atoms with Gasteiger partial charge in [-0.1, -0.05) is 61.9 Å². The number of nitrogens with zero attached hydrogens (tertiary/aromatic N) is 2. The summed E-state index contributed by atoms with van der Waals surface area (Å²) in [6.07, 6.45) is 1.07. The van der Waals surface area contributed by atoms with Gasteiger partial charge in [-0.15, -0.1) is 0 Å². The zero-order valence-electron chi connectivity index (χ0n) is 19.4. The van der Waals surface area contributed by atoms with Gasteiger partial charge >= 0.3 is 0 Å². The van der Waals surface area contributed by atoms with Gasteiger partial charge in [-0.05, 0) is 37.5 Å². The van der Waals surface area contributed by atoms with E-state index in [0.717, 1.165) is 21.7 Å². The molecule has 32 heavy (non-hydrogen) atoms. The highest BCUT2D eigenvalue weighted by Gasteiger charge is 2.30. The van der Waals surface area contributed by atoms with Gasteiger partial charge in [0.05, 0.1) is 11.9 Å². The number of rotatable bonds is 10. The molecule has 8 heteroatoms. The molecule has 1 atom stereocenters. The van der Waals surface area contributed by atoms with Crippen LogP contribution in [0.2, 0.25) is 0 Å². The first-order valence-corrected chi connectivity index (χ1v) is 12.5. The van der Waals surface area contributed by atoms with Gasteiger partial charge in [-0.25, -0.2) is 8.42 Å². The van der Waals surface area contributed by atoms with Crippen LogP contribution in [0.4, 0.5) is 5.69 Å². The van der Waals surface area contributed by atoms with Crippen LogP contribution in [0.3, 0.4) is 0 Å². The highest BCUT2D eigenvalue weighted by atomic mass is 32.2. The number of aryl methyl sites for hydroxylation is 1. The molecule has 0 spiro atoms. The second kappa shape index (κ2) is 11.1. The first-order chi connectivity index (χ1) is 15.0. The summed E-state index contributed by atoms with van der Waals surface area (Å²) < 4.78 is 26.0. The van der Waals surface area contributed by atoms with Crippen molar-refractivity contribution in [3.8, 4) is 0 Å². The largest absolute Gasteiger partial charge is 0.354 e. The molecule has 0 aliphatic heterocycles. The van der Waals surface area contributed by atoms with Crippen LogP contribution in [0, 0.1) is 12.8 Å². The molecule has 0 fully saturated rings. The van der Waals surface area contributed by atoms with E-state index in [9.17, 15) is 18.0 Å². The van der Waals surface area contributed by atoms with E-state index >= 15 is 0 Å². The maximum absolute atomic E-state index is 13.4. The Hall–Kier alpha value is -2.87. The second-order valence-corrected chi connectivity index (χ2v) is 10.3. The zero-order chi connectivity index (χ0) is 23.9. The van der Waals surface area contributed by atoms with Crippen molar-refractivity contribution in [2.45, 2.75) is 40.3 Å². The minimum atomic E-state index is -3.71. The number of carbonyl (C=O) groups excluding carboxylic acids is 2. The number of carbonyl (C=O) groups is 2. The van der Waals surface area contributed by atoms with Crippen LogP contribution >= 0.6 is 0 Å². The van der Waals surface area contributed by atoms with Crippen LogP contribution in [0.15, 0.2) is 54.6 Å².